The fourth-order valence-corrected chi connectivity index (χ4v) is 2.77. The van der Waals surface area contributed by atoms with Crippen LogP contribution in [0.2, 0.25) is 15.3 Å². The molecule has 21 heavy (non-hydrogen) atoms. The van der Waals surface area contributed by atoms with E-state index in [0.717, 1.165) is 25.9 Å². The van der Waals surface area contributed by atoms with Crippen molar-refractivity contribution in [2.75, 3.05) is 18.0 Å². The second kappa shape index (κ2) is 6.22. The number of halogens is 3. The van der Waals surface area contributed by atoms with Crippen molar-refractivity contribution in [3.05, 3.63) is 33.5 Å². The second-order valence-electron chi connectivity index (χ2n) is 4.59. The molecule has 3 rings (SSSR count). The third-order valence-corrected chi connectivity index (χ3v) is 3.62. The molecule has 1 aromatic heterocycles. The van der Waals surface area contributed by atoms with Crippen LogP contribution >= 0.6 is 34.8 Å². The van der Waals surface area contributed by atoms with Crippen LogP contribution in [-0.4, -0.2) is 28.0 Å². The van der Waals surface area contributed by atoms with E-state index in [1.54, 1.807) is 18.2 Å². The molecule has 0 N–H and O–H groups in total. The van der Waals surface area contributed by atoms with Crippen molar-refractivity contribution in [2.45, 2.75) is 12.8 Å². The molecule has 0 spiro atoms. The van der Waals surface area contributed by atoms with Crippen LogP contribution in [-0.2, 0) is 0 Å². The van der Waals surface area contributed by atoms with Gasteiger partial charge in [-0.15, -0.1) is 0 Å². The molecule has 0 aliphatic carbocycles. The van der Waals surface area contributed by atoms with Crippen molar-refractivity contribution < 1.29 is 4.74 Å². The van der Waals surface area contributed by atoms with Crippen LogP contribution in [0.3, 0.4) is 0 Å². The summed E-state index contributed by atoms with van der Waals surface area (Å²) < 4.78 is 5.58. The van der Waals surface area contributed by atoms with E-state index in [1.807, 2.05) is 4.90 Å². The predicted octanol–water partition coefficient (Wildman–Crippen LogP) is 4.22. The Kier molecular flexibility index (Phi) is 4.33. The third kappa shape index (κ3) is 3.67. The average Bonchev–Trinajstić information content (AvgIpc) is 2.90. The smallest absolute Gasteiger partial charge is 0.328 e. The average molecular weight is 346 g/mol. The number of rotatable bonds is 3. The molecule has 0 amide bonds. The molecule has 1 aliphatic heterocycles. The monoisotopic (exact) mass is 344 g/mol. The molecule has 2 aromatic rings. The van der Waals surface area contributed by atoms with Crippen LogP contribution in [0.5, 0.6) is 11.8 Å². The summed E-state index contributed by atoms with van der Waals surface area (Å²) in [6.45, 7) is 1.81. The number of hydrogen-bond acceptors (Lipinski definition) is 5. The van der Waals surface area contributed by atoms with Gasteiger partial charge in [-0.25, -0.2) is 0 Å². The highest BCUT2D eigenvalue weighted by Crippen LogP contribution is 2.28. The van der Waals surface area contributed by atoms with E-state index in [4.69, 9.17) is 39.5 Å². The van der Waals surface area contributed by atoms with Crippen molar-refractivity contribution in [3.8, 4) is 11.8 Å². The van der Waals surface area contributed by atoms with Crippen molar-refractivity contribution in [1.29, 1.82) is 0 Å². The molecule has 1 aromatic carbocycles. The van der Waals surface area contributed by atoms with Gasteiger partial charge in [-0.2, -0.15) is 15.0 Å². The Morgan fingerprint density at radius 2 is 1.57 bits per heavy atom. The van der Waals surface area contributed by atoms with Gasteiger partial charge in [-0.1, -0.05) is 23.2 Å². The first-order valence-electron chi connectivity index (χ1n) is 6.40. The van der Waals surface area contributed by atoms with Gasteiger partial charge in [0.25, 0.3) is 0 Å². The maximum atomic E-state index is 5.94. The molecule has 0 atom stereocenters. The van der Waals surface area contributed by atoms with E-state index in [2.05, 4.69) is 15.0 Å². The van der Waals surface area contributed by atoms with E-state index in [-0.39, 0.29) is 11.3 Å². The lowest BCUT2D eigenvalue weighted by Gasteiger charge is -2.15. The molecule has 0 radical (unpaired) electrons. The standard InChI is InChI=1S/C13H11Cl3N4O/c14-8-5-9(15)7-10(6-8)21-13-18-11(16)17-12(19-13)20-3-1-2-4-20/h5-7H,1-4H2. The summed E-state index contributed by atoms with van der Waals surface area (Å²) in [6.07, 6.45) is 2.23. The Balaban J connectivity index is 1.87. The van der Waals surface area contributed by atoms with Crippen molar-refractivity contribution in [3.63, 3.8) is 0 Å². The van der Waals surface area contributed by atoms with Crippen molar-refractivity contribution in [2.24, 2.45) is 0 Å². The first-order valence-corrected chi connectivity index (χ1v) is 7.54. The van der Waals surface area contributed by atoms with Crippen LogP contribution in [0.1, 0.15) is 12.8 Å². The van der Waals surface area contributed by atoms with Crippen LogP contribution in [0, 0.1) is 0 Å². The summed E-state index contributed by atoms with van der Waals surface area (Å²) in [6, 6.07) is 4.99. The van der Waals surface area contributed by atoms with Crippen molar-refractivity contribution in [1.82, 2.24) is 15.0 Å². The zero-order chi connectivity index (χ0) is 14.8. The molecule has 1 aliphatic rings. The first-order chi connectivity index (χ1) is 10.1. The summed E-state index contributed by atoms with van der Waals surface area (Å²) in [7, 11) is 0. The molecule has 1 saturated heterocycles. The third-order valence-electron chi connectivity index (χ3n) is 3.01. The lowest BCUT2D eigenvalue weighted by Crippen LogP contribution is -2.21. The Bertz CT molecular complexity index is 642. The lowest BCUT2D eigenvalue weighted by molar-refractivity contribution is 0.439. The van der Waals surface area contributed by atoms with Gasteiger partial charge in [0.1, 0.15) is 5.75 Å². The normalized spacial score (nSPS) is 14.5. The maximum absolute atomic E-state index is 5.94. The largest absolute Gasteiger partial charge is 0.424 e. The van der Waals surface area contributed by atoms with E-state index >= 15 is 0 Å². The summed E-state index contributed by atoms with van der Waals surface area (Å²) >= 11 is 17.8. The van der Waals surface area contributed by atoms with Crippen LogP contribution in [0.15, 0.2) is 18.2 Å². The molecule has 2 heterocycles. The SMILES string of the molecule is Clc1cc(Cl)cc(Oc2nc(Cl)nc(N3CCCC3)n2)c1. The van der Waals surface area contributed by atoms with E-state index in [0.29, 0.717) is 21.7 Å². The summed E-state index contributed by atoms with van der Waals surface area (Å²) in [5.41, 5.74) is 0. The van der Waals surface area contributed by atoms with Crippen LogP contribution < -0.4 is 9.64 Å². The minimum atomic E-state index is 0.0926. The molecule has 110 valence electrons. The van der Waals surface area contributed by atoms with E-state index in [9.17, 15) is 0 Å². The molecular formula is C13H11Cl3N4O. The molecule has 0 unspecified atom stereocenters. The number of ether oxygens (including phenoxy) is 1. The maximum Gasteiger partial charge on any atom is 0.328 e. The molecule has 1 fully saturated rings. The Morgan fingerprint density at radius 1 is 0.905 bits per heavy atom. The molecular weight excluding hydrogens is 335 g/mol. The van der Waals surface area contributed by atoms with Gasteiger partial charge >= 0.3 is 6.01 Å². The van der Waals surface area contributed by atoms with Gasteiger partial charge in [0, 0.05) is 23.1 Å². The molecule has 0 saturated carbocycles. The number of aromatic nitrogens is 3. The van der Waals surface area contributed by atoms with Gasteiger partial charge in [0.15, 0.2) is 0 Å². The quantitative estimate of drug-likeness (QED) is 0.833. The van der Waals surface area contributed by atoms with Gasteiger partial charge in [-0.05, 0) is 42.6 Å². The number of benzene rings is 1. The minimum absolute atomic E-state index is 0.0926. The zero-order valence-corrected chi connectivity index (χ0v) is 13.2. The van der Waals surface area contributed by atoms with Gasteiger partial charge in [0.05, 0.1) is 0 Å². The van der Waals surface area contributed by atoms with E-state index in [1.165, 1.54) is 0 Å². The van der Waals surface area contributed by atoms with Crippen molar-refractivity contribution >= 4 is 40.8 Å². The summed E-state index contributed by atoms with van der Waals surface area (Å²) in [4.78, 5) is 14.4. The lowest BCUT2D eigenvalue weighted by atomic mass is 10.3. The Morgan fingerprint density at radius 3 is 2.24 bits per heavy atom. The number of hydrogen-bond donors (Lipinski definition) is 0. The van der Waals surface area contributed by atoms with Gasteiger partial charge < -0.3 is 9.64 Å². The fraction of sp³-hybridized carbons (Fsp3) is 0.308. The topological polar surface area (TPSA) is 51.1 Å². The Hall–Kier alpha value is -1.30. The first kappa shape index (κ1) is 14.6. The number of anilines is 1. The van der Waals surface area contributed by atoms with E-state index < -0.39 is 0 Å². The fourth-order valence-electron chi connectivity index (χ4n) is 2.12. The summed E-state index contributed by atoms with van der Waals surface area (Å²) in [5.74, 6) is 0.970. The zero-order valence-electron chi connectivity index (χ0n) is 10.9. The number of nitrogens with zero attached hydrogens (tertiary/aromatic N) is 4. The minimum Gasteiger partial charge on any atom is -0.424 e. The predicted molar refractivity (Wildman–Crippen MR) is 82.8 cm³/mol. The highest BCUT2D eigenvalue weighted by Gasteiger charge is 2.17. The summed E-state index contributed by atoms with van der Waals surface area (Å²) in [5, 5.41) is 1.03. The van der Waals surface area contributed by atoms with Crippen LogP contribution in [0.4, 0.5) is 5.95 Å². The molecule has 0 bridgehead atoms. The Labute approximate surface area is 136 Å². The second-order valence-corrected chi connectivity index (χ2v) is 5.80. The molecule has 8 heteroatoms. The van der Waals surface area contributed by atoms with Crippen LogP contribution in [0.25, 0.3) is 0 Å². The van der Waals surface area contributed by atoms with Gasteiger partial charge in [0.2, 0.25) is 11.2 Å². The van der Waals surface area contributed by atoms with Gasteiger partial charge in [-0.3, -0.25) is 0 Å². The highest BCUT2D eigenvalue weighted by molar-refractivity contribution is 6.34. The molecule has 5 nitrogen and oxygen atoms in total. The highest BCUT2D eigenvalue weighted by atomic mass is 35.5.